The summed E-state index contributed by atoms with van der Waals surface area (Å²) >= 11 is 3.45. The summed E-state index contributed by atoms with van der Waals surface area (Å²) in [5, 5.41) is 0. The lowest BCUT2D eigenvalue weighted by Gasteiger charge is -2.26. The molecule has 0 aromatic heterocycles. The predicted molar refractivity (Wildman–Crippen MR) is 117 cm³/mol. The number of unbranched alkanes of at least 4 members (excludes halogenated alkanes) is 1. The van der Waals surface area contributed by atoms with Gasteiger partial charge in [0.05, 0.1) is 0 Å². The van der Waals surface area contributed by atoms with Crippen LogP contribution < -0.4 is 4.74 Å². The minimum Gasteiger partial charge on any atom is -0.491 e. The maximum atomic E-state index is 12.4. The maximum Gasteiger partial charge on any atom is 0.307 e. The van der Waals surface area contributed by atoms with E-state index in [1.807, 2.05) is 49.4 Å². The van der Waals surface area contributed by atoms with E-state index in [4.69, 9.17) is 9.47 Å². The van der Waals surface area contributed by atoms with E-state index in [1.54, 1.807) is 19.2 Å². The second-order valence-corrected chi connectivity index (χ2v) is 7.85. The smallest absolute Gasteiger partial charge is 0.307 e. The van der Waals surface area contributed by atoms with Crippen molar-refractivity contribution < 1.29 is 18.7 Å². The average molecular weight is 464 g/mol. The Hall–Kier alpha value is -2.21. The lowest BCUT2D eigenvalue weighted by Crippen LogP contribution is -2.32. The first-order chi connectivity index (χ1) is 13.9. The van der Waals surface area contributed by atoms with Crippen LogP contribution in [0.3, 0.4) is 0 Å². The summed E-state index contributed by atoms with van der Waals surface area (Å²) in [6.07, 6.45) is 4.12. The van der Waals surface area contributed by atoms with E-state index in [-0.39, 0.29) is 12.6 Å². The first kappa shape index (κ1) is 23.1. The average Bonchev–Trinajstić information content (AvgIpc) is 2.69. The fourth-order valence-corrected chi connectivity index (χ4v) is 3.34. The number of esters is 1. The van der Waals surface area contributed by atoms with Crippen molar-refractivity contribution in [3.05, 3.63) is 64.1 Å². The third kappa shape index (κ3) is 8.36. The number of alkyl halides is 1. The van der Waals surface area contributed by atoms with Gasteiger partial charge < -0.3 is 9.47 Å². The lowest BCUT2D eigenvalue weighted by atomic mass is 10.0. The molecular weight excluding hydrogens is 437 g/mol. The summed E-state index contributed by atoms with van der Waals surface area (Å²) in [7, 11) is 0. The number of hydrogen-bond donors (Lipinski definition) is 0. The first-order valence-corrected chi connectivity index (χ1v) is 10.5. The largest absolute Gasteiger partial charge is 0.491 e. The molecule has 1 atom stereocenters. The Bertz CT molecular complexity index is 813. The van der Waals surface area contributed by atoms with Gasteiger partial charge in [-0.2, -0.15) is 0 Å². The van der Waals surface area contributed by atoms with Gasteiger partial charge in [-0.05, 0) is 42.7 Å². The number of benzene rings is 2. The summed E-state index contributed by atoms with van der Waals surface area (Å²) in [4.78, 5) is 16.9. The number of hydrogen-bond acceptors (Lipinski definition) is 4. The van der Waals surface area contributed by atoms with Crippen molar-refractivity contribution in [2.45, 2.75) is 45.3 Å². The Morgan fingerprint density at radius 2 is 2.00 bits per heavy atom. The predicted octanol–water partition coefficient (Wildman–Crippen LogP) is 5.91. The van der Waals surface area contributed by atoms with Crippen LogP contribution >= 0.6 is 15.9 Å². The highest BCUT2D eigenvalue weighted by atomic mass is 79.9. The van der Waals surface area contributed by atoms with Crippen LogP contribution in [0, 0.1) is 0 Å². The Kier molecular flexibility index (Phi) is 9.32. The van der Waals surface area contributed by atoms with Crippen molar-refractivity contribution >= 4 is 28.1 Å². The van der Waals surface area contributed by atoms with E-state index < -0.39 is 12.4 Å². The quantitative estimate of drug-likeness (QED) is 0.307. The van der Waals surface area contributed by atoms with E-state index in [9.17, 15) is 9.18 Å². The van der Waals surface area contributed by atoms with Crippen molar-refractivity contribution in [2.24, 2.45) is 4.99 Å². The molecule has 0 aliphatic rings. The molecule has 0 N–H and O–H groups in total. The minimum absolute atomic E-state index is 0.00861. The van der Waals surface area contributed by atoms with Crippen molar-refractivity contribution in [3.8, 4) is 5.75 Å². The SMILES string of the molecule is CCCCC(=O)O[C@](C)(Cc1cc(Br)cc(OCCF)c1)/N=C/c1ccccc1. The van der Waals surface area contributed by atoms with Crippen molar-refractivity contribution in [1.29, 1.82) is 0 Å². The van der Waals surface area contributed by atoms with Gasteiger partial charge in [-0.3, -0.25) is 4.79 Å². The highest BCUT2D eigenvalue weighted by molar-refractivity contribution is 9.10. The Labute approximate surface area is 180 Å². The minimum atomic E-state index is -1.07. The van der Waals surface area contributed by atoms with Gasteiger partial charge in [-0.1, -0.05) is 59.6 Å². The second-order valence-electron chi connectivity index (χ2n) is 6.93. The zero-order valence-electron chi connectivity index (χ0n) is 16.9. The third-order valence-electron chi connectivity index (χ3n) is 4.16. The number of rotatable bonds is 11. The second kappa shape index (κ2) is 11.7. The maximum absolute atomic E-state index is 12.4. The van der Waals surface area contributed by atoms with E-state index in [0.717, 1.165) is 28.4 Å². The summed E-state index contributed by atoms with van der Waals surface area (Å²) < 4.78 is 24.4. The molecule has 2 aromatic carbocycles. The van der Waals surface area contributed by atoms with Crippen LogP contribution in [0.1, 0.15) is 44.2 Å². The Balaban J connectivity index is 2.25. The van der Waals surface area contributed by atoms with Crippen LogP contribution in [-0.4, -0.2) is 31.2 Å². The highest BCUT2D eigenvalue weighted by Gasteiger charge is 2.28. The Morgan fingerprint density at radius 3 is 2.69 bits per heavy atom. The molecule has 0 saturated heterocycles. The normalized spacial score (nSPS) is 13.2. The zero-order chi connectivity index (χ0) is 21.1. The molecule has 0 fully saturated rings. The molecule has 29 heavy (non-hydrogen) atoms. The van der Waals surface area contributed by atoms with E-state index >= 15 is 0 Å². The number of ether oxygens (including phenoxy) is 2. The zero-order valence-corrected chi connectivity index (χ0v) is 18.5. The van der Waals surface area contributed by atoms with E-state index in [0.29, 0.717) is 18.6 Å². The molecule has 2 rings (SSSR count). The van der Waals surface area contributed by atoms with Crippen LogP contribution in [0.4, 0.5) is 4.39 Å². The van der Waals surface area contributed by atoms with Gasteiger partial charge in [-0.25, -0.2) is 9.38 Å². The van der Waals surface area contributed by atoms with Crippen LogP contribution in [0.15, 0.2) is 58.0 Å². The molecule has 4 nitrogen and oxygen atoms in total. The molecule has 0 amide bonds. The van der Waals surface area contributed by atoms with E-state index in [1.165, 1.54) is 0 Å². The molecule has 2 aromatic rings. The molecule has 156 valence electrons. The third-order valence-corrected chi connectivity index (χ3v) is 4.62. The highest BCUT2D eigenvalue weighted by Crippen LogP contribution is 2.27. The first-order valence-electron chi connectivity index (χ1n) is 9.74. The van der Waals surface area contributed by atoms with Gasteiger partial charge in [0.25, 0.3) is 0 Å². The summed E-state index contributed by atoms with van der Waals surface area (Å²) in [6, 6.07) is 15.2. The molecular formula is C23H27BrFNO3. The van der Waals surface area contributed by atoms with Gasteiger partial charge in [0.2, 0.25) is 5.72 Å². The molecule has 0 heterocycles. The molecule has 0 bridgehead atoms. The molecule has 0 unspecified atom stereocenters. The van der Waals surface area contributed by atoms with Crippen molar-refractivity contribution in [3.63, 3.8) is 0 Å². The lowest BCUT2D eigenvalue weighted by molar-refractivity contribution is -0.157. The summed E-state index contributed by atoms with van der Waals surface area (Å²) in [5.74, 6) is 0.280. The molecule has 0 aliphatic heterocycles. The number of aliphatic imine (C=N–C) groups is 1. The monoisotopic (exact) mass is 463 g/mol. The number of halogens is 2. The van der Waals surface area contributed by atoms with E-state index in [2.05, 4.69) is 20.9 Å². The van der Waals surface area contributed by atoms with Gasteiger partial charge in [0, 0.05) is 23.5 Å². The summed E-state index contributed by atoms with van der Waals surface area (Å²) in [5.41, 5.74) is 0.715. The number of nitrogens with zero attached hydrogens (tertiary/aromatic N) is 1. The van der Waals surface area contributed by atoms with Crippen LogP contribution in [0.2, 0.25) is 0 Å². The van der Waals surface area contributed by atoms with Gasteiger partial charge in [-0.15, -0.1) is 0 Å². The Morgan fingerprint density at radius 1 is 1.24 bits per heavy atom. The molecule has 0 spiro atoms. The van der Waals surface area contributed by atoms with Gasteiger partial charge >= 0.3 is 5.97 Å². The molecule has 0 saturated carbocycles. The fourth-order valence-electron chi connectivity index (χ4n) is 2.82. The van der Waals surface area contributed by atoms with Crippen LogP contribution in [0.5, 0.6) is 5.75 Å². The summed E-state index contributed by atoms with van der Waals surface area (Å²) in [6.45, 7) is 3.25. The standard InChI is InChI=1S/C23H27BrFNO3/c1-3-4-10-22(27)29-23(2,26-17-18-8-6-5-7-9-18)16-19-13-20(24)15-21(14-19)28-12-11-25/h5-9,13-15,17H,3-4,10-12,16H2,1-2H3/b26-17+/t23-/m1/s1. The van der Waals surface area contributed by atoms with Gasteiger partial charge in [0.15, 0.2) is 0 Å². The van der Waals surface area contributed by atoms with Crippen molar-refractivity contribution in [1.82, 2.24) is 0 Å². The van der Waals surface area contributed by atoms with Crippen LogP contribution in [-0.2, 0) is 16.0 Å². The topological polar surface area (TPSA) is 47.9 Å². The fraction of sp³-hybridized carbons (Fsp3) is 0.391. The molecule has 0 radical (unpaired) electrons. The molecule has 0 aliphatic carbocycles. The van der Waals surface area contributed by atoms with Crippen LogP contribution in [0.25, 0.3) is 0 Å². The van der Waals surface area contributed by atoms with Gasteiger partial charge in [0.1, 0.15) is 19.0 Å². The molecule has 6 heteroatoms. The number of carbonyl (C=O) groups is 1. The van der Waals surface area contributed by atoms with Crippen molar-refractivity contribution in [2.75, 3.05) is 13.3 Å². The number of carbonyl (C=O) groups excluding carboxylic acids is 1.